The van der Waals surface area contributed by atoms with Crippen molar-refractivity contribution in [2.24, 2.45) is 0 Å². The summed E-state index contributed by atoms with van der Waals surface area (Å²) in [7, 11) is 0. The van der Waals surface area contributed by atoms with Crippen LogP contribution in [0.1, 0.15) is 65.7 Å². The second-order valence-corrected chi connectivity index (χ2v) is 10.4. The Balaban J connectivity index is 1.66. The zero-order chi connectivity index (χ0) is 27.9. The third kappa shape index (κ3) is 4.71. The van der Waals surface area contributed by atoms with Gasteiger partial charge in [0.05, 0.1) is 11.5 Å². The van der Waals surface area contributed by atoms with Gasteiger partial charge in [-0.15, -0.1) is 0 Å². The average molecular weight is 530 g/mol. The third-order valence-corrected chi connectivity index (χ3v) is 6.50. The molecular formula is C30H27NO8. The van der Waals surface area contributed by atoms with Crippen LogP contribution in [0.5, 0.6) is 11.5 Å². The number of amides is 1. The molecule has 1 amide bonds. The van der Waals surface area contributed by atoms with Crippen LogP contribution in [0.15, 0.2) is 66.7 Å². The van der Waals surface area contributed by atoms with Crippen molar-refractivity contribution in [3.05, 3.63) is 94.5 Å². The van der Waals surface area contributed by atoms with Gasteiger partial charge < -0.3 is 24.6 Å². The standard InChI is InChI=1S/C30H27NO8/c1-29(2,3)39-28(36)21(32)15-20(27(34)35)24-23-17(16-31-26(23)33)14-22-25(24)38-30(37-22,18-10-6-4-7-11-18)19-12-8-5-9-13-19/h4-14,20H,15-16H2,1-3H3,(H,31,33)(H,34,35)/t20-/m0/s1. The van der Waals surface area contributed by atoms with E-state index in [1.54, 1.807) is 26.8 Å². The normalized spacial score (nSPS) is 15.7. The minimum atomic E-state index is -1.58. The van der Waals surface area contributed by atoms with Crippen LogP contribution in [0.2, 0.25) is 0 Å². The number of fused-ring (bicyclic) bond motifs is 2. The molecule has 9 nitrogen and oxygen atoms in total. The summed E-state index contributed by atoms with van der Waals surface area (Å²) in [4.78, 5) is 50.9. The van der Waals surface area contributed by atoms with Gasteiger partial charge in [-0.2, -0.15) is 0 Å². The number of carbonyl (C=O) groups excluding carboxylic acids is 3. The molecule has 5 rings (SSSR count). The van der Waals surface area contributed by atoms with Gasteiger partial charge in [0.25, 0.3) is 5.91 Å². The van der Waals surface area contributed by atoms with Crippen LogP contribution in [0, 0.1) is 0 Å². The maximum Gasteiger partial charge on any atom is 0.375 e. The van der Waals surface area contributed by atoms with E-state index in [1.165, 1.54) is 0 Å². The van der Waals surface area contributed by atoms with E-state index < -0.39 is 47.4 Å². The molecule has 9 heteroatoms. The molecule has 39 heavy (non-hydrogen) atoms. The number of carbonyl (C=O) groups is 4. The Labute approximate surface area is 224 Å². The molecule has 3 aromatic carbocycles. The van der Waals surface area contributed by atoms with Crippen LogP contribution in [-0.2, 0) is 31.5 Å². The third-order valence-electron chi connectivity index (χ3n) is 6.50. The van der Waals surface area contributed by atoms with E-state index in [1.807, 2.05) is 60.7 Å². The maximum absolute atomic E-state index is 12.9. The van der Waals surface area contributed by atoms with E-state index in [0.717, 1.165) is 0 Å². The minimum Gasteiger partial charge on any atom is -0.481 e. The molecule has 0 saturated heterocycles. The lowest BCUT2D eigenvalue weighted by Gasteiger charge is -2.29. The lowest BCUT2D eigenvalue weighted by molar-refractivity contribution is -0.163. The highest BCUT2D eigenvalue weighted by molar-refractivity contribution is 6.34. The van der Waals surface area contributed by atoms with Crippen LogP contribution in [-0.4, -0.2) is 34.3 Å². The average Bonchev–Trinajstić information content (AvgIpc) is 3.47. The minimum absolute atomic E-state index is 0.0179. The van der Waals surface area contributed by atoms with E-state index in [9.17, 15) is 24.3 Å². The van der Waals surface area contributed by atoms with E-state index in [2.05, 4.69) is 5.32 Å². The number of Topliss-reactive ketones (excluding diaryl/α,β-unsaturated/α-hetero) is 1. The summed E-state index contributed by atoms with van der Waals surface area (Å²) in [6, 6.07) is 19.9. The first-order valence-electron chi connectivity index (χ1n) is 12.5. The van der Waals surface area contributed by atoms with Crippen LogP contribution < -0.4 is 14.8 Å². The molecule has 2 heterocycles. The molecule has 2 aliphatic rings. The lowest BCUT2D eigenvalue weighted by atomic mass is 9.87. The Bertz CT molecular complexity index is 1430. The first-order chi connectivity index (χ1) is 18.5. The van der Waals surface area contributed by atoms with Gasteiger partial charge in [-0.05, 0) is 32.4 Å². The van der Waals surface area contributed by atoms with Crippen molar-refractivity contribution < 1.29 is 38.5 Å². The lowest BCUT2D eigenvalue weighted by Crippen LogP contribution is -2.37. The summed E-state index contributed by atoms with van der Waals surface area (Å²) in [5.74, 6) is -6.89. The highest BCUT2D eigenvalue weighted by Gasteiger charge is 2.49. The zero-order valence-corrected chi connectivity index (χ0v) is 21.6. The van der Waals surface area contributed by atoms with E-state index in [-0.39, 0.29) is 29.2 Å². The van der Waals surface area contributed by atoms with Gasteiger partial charge >= 0.3 is 17.7 Å². The van der Waals surface area contributed by atoms with Crippen molar-refractivity contribution in [1.29, 1.82) is 0 Å². The van der Waals surface area contributed by atoms with Gasteiger partial charge in [0.15, 0.2) is 11.5 Å². The highest BCUT2D eigenvalue weighted by atomic mass is 16.7. The Morgan fingerprint density at radius 1 is 1.00 bits per heavy atom. The summed E-state index contributed by atoms with van der Waals surface area (Å²) in [5, 5.41) is 13.0. The number of rotatable bonds is 7. The number of ether oxygens (including phenoxy) is 3. The van der Waals surface area contributed by atoms with E-state index in [0.29, 0.717) is 16.7 Å². The van der Waals surface area contributed by atoms with Gasteiger partial charge in [-0.25, -0.2) is 4.79 Å². The molecular weight excluding hydrogens is 502 g/mol. The molecule has 200 valence electrons. The van der Waals surface area contributed by atoms with Crippen LogP contribution in [0.25, 0.3) is 0 Å². The Morgan fingerprint density at radius 3 is 2.13 bits per heavy atom. The predicted molar refractivity (Wildman–Crippen MR) is 138 cm³/mol. The molecule has 1 atom stereocenters. The Kier molecular flexibility index (Phi) is 6.38. The summed E-state index contributed by atoms with van der Waals surface area (Å²) < 4.78 is 18.2. The predicted octanol–water partition coefficient (Wildman–Crippen LogP) is 4.07. The molecule has 2 aliphatic heterocycles. The molecule has 0 radical (unpaired) electrons. The number of carboxylic acid groups (broad SMARTS) is 1. The van der Waals surface area contributed by atoms with Crippen LogP contribution >= 0.6 is 0 Å². The fourth-order valence-electron chi connectivity index (χ4n) is 4.85. The molecule has 0 bridgehead atoms. The number of hydrogen-bond acceptors (Lipinski definition) is 7. The Morgan fingerprint density at radius 2 is 1.59 bits per heavy atom. The van der Waals surface area contributed by atoms with Gasteiger partial charge in [0.2, 0.25) is 5.78 Å². The Hall–Kier alpha value is -4.66. The van der Waals surface area contributed by atoms with Crippen LogP contribution in [0.4, 0.5) is 0 Å². The summed E-state index contributed by atoms with van der Waals surface area (Å²) >= 11 is 0. The van der Waals surface area contributed by atoms with E-state index in [4.69, 9.17) is 14.2 Å². The fraction of sp³-hybridized carbons (Fsp3) is 0.267. The number of benzene rings is 3. The molecule has 0 fully saturated rings. The molecule has 2 N–H and O–H groups in total. The topological polar surface area (TPSA) is 128 Å². The van der Waals surface area contributed by atoms with Gasteiger partial charge in [-0.3, -0.25) is 14.4 Å². The van der Waals surface area contributed by atoms with Gasteiger partial charge in [0, 0.05) is 29.7 Å². The second kappa shape index (κ2) is 9.58. The van der Waals surface area contributed by atoms with Crippen molar-refractivity contribution >= 4 is 23.6 Å². The molecule has 0 saturated carbocycles. The number of hydrogen-bond donors (Lipinski definition) is 2. The molecule has 0 unspecified atom stereocenters. The van der Waals surface area contributed by atoms with E-state index >= 15 is 0 Å². The quantitative estimate of drug-likeness (QED) is 0.346. The van der Waals surface area contributed by atoms with Crippen molar-refractivity contribution in [2.75, 3.05) is 0 Å². The smallest absolute Gasteiger partial charge is 0.375 e. The molecule has 0 spiro atoms. The van der Waals surface area contributed by atoms with Gasteiger partial charge in [0.1, 0.15) is 5.60 Å². The summed E-state index contributed by atoms with van der Waals surface area (Å²) in [5.41, 5.74) is 0.918. The largest absolute Gasteiger partial charge is 0.481 e. The van der Waals surface area contributed by atoms with Crippen molar-refractivity contribution in [3.8, 4) is 11.5 Å². The van der Waals surface area contributed by atoms with Crippen molar-refractivity contribution in [1.82, 2.24) is 5.32 Å². The van der Waals surface area contributed by atoms with Crippen molar-refractivity contribution in [2.45, 2.75) is 51.0 Å². The number of carboxylic acids is 1. The molecule has 3 aromatic rings. The number of ketones is 1. The first kappa shape index (κ1) is 26.0. The summed E-state index contributed by atoms with van der Waals surface area (Å²) in [6.45, 7) is 4.96. The summed E-state index contributed by atoms with van der Waals surface area (Å²) in [6.07, 6.45) is -0.729. The number of esters is 1. The SMILES string of the molecule is CC(C)(C)OC(=O)C(=O)C[C@H](C(=O)O)c1c2c(cc3c1C(=O)NC3)OC(c1ccccc1)(c1ccccc1)O2. The van der Waals surface area contributed by atoms with Gasteiger partial charge in [-0.1, -0.05) is 60.7 Å². The monoisotopic (exact) mass is 529 g/mol. The van der Waals surface area contributed by atoms with Crippen LogP contribution in [0.3, 0.4) is 0 Å². The second-order valence-electron chi connectivity index (χ2n) is 10.4. The number of aliphatic carboxylic acids is 1. The molecule has 0 aliphatic carbocycles. The number of nitrogens with one attached hydrogen (secondary N) is 1. The van der Waals surface area contributed by atoms with Crippen molar-refractivity contribution in [3.63, 3.8) is 0 Å². The first-order valence-corrected chi connectivity index (χ1v) is 12.5. The molecule has 0 aromatic heterocycles. The maximum atomic E-state index is 12.9. The fourth-order valence-corrected chi connectivity index (χ4v) is 4.85. The zero-order valence-electron chi connectivity index (χ0n) is 21.6. The highest BCUT2D eigenvalue weighted by Crippen LogP contribution is 2.53.